The number of thioether (sulfide) groups is 1. The maximum atomic E-state index is 11.2. The molecule has 0 aromatic carbocycles. The van der Waals surface area contributed by atoms with Gasteiger partial charge in [0.25, 0.3) is 0 Å². The molecule has 0 radical (unpaired) electrons. The van der Waals surface area contributed by atoms with Gasteiger partial charge in [-0.3, -0.25) is 4.79 Å². The third-order valence-electron chi connectivity index (χ3n) is 1.77. The lowest BCUT2D eigenvalue weighted by atomic mass is 10.1. The van der Waals surface area contributed by atoms with Gasteiger partial charge in [0, 0.05) is 12.3 Å². The first-order valence-electron chi connectivity index (χ1n) is 4.24. The van der Waals surface area contributed by atoms with Crippen molar-refractivity contribution in [1.82, 2.24) is 5.32 Å². The van der Waals surface area contributed by atoms with Crippen LogP contribution < -0.4 is 5.32 Å². The summed E-state index contributed by atoms with van der Waals surface area (Å²) in [6.45, 7) is 6.66. The zero-order chi connectivity index (χ0) is 8.97. The fourth-order valence-corrected chi connectivity index (χ4v) is 2.20. The SMILES string of the molecule is C=C(C)CSC1CCCNC1=O. The molecular formula is C9H15NOS. The summed E-state index contributed by atoms with van der Waals surface area (Å²) in [6, 6.07) is 0. The minimum atomic E-state index is 0.162. The Hall–Kier alpha value is -0.440. The standard InChI is InChI=1S/C9H15NOS/c1-7(2)6-12-8-4-3-5-10-9(8)11/h8H,1,3-6H2,2H3,(H,10,11). The highest BCUT2D eigenvalue weighted by atomic mass is 32.2. The van der Waals surface area contributed by atoms with E-state index in [9.17, 15) is 4.79 Å². The van der Waals surface area contributed by atoms with E-state index in [1.807, 2.05) is 6.92 Å². The van der Waals surface area contributed by atoms with Crippen LogP contribution in [0.15, 0.2) is 12.2 Å². The topological polar surface area (TPSA) is 29.1 Å². The Labute approximate surface area is 77.8 Å². The Balaban J connectivity index is 2.29. The van der Waals surface area contributed by atoms with Crippen molar-refractivity contribution in [2.24, 2.45) is 0 Å². The molecule has 1 heterocycles. The molecule has 2 nitrogen and oxygen atoms in total. The molecule has 0 aromatic heterocycles. The van der Waals surface area contributed by atoms with Gasteiger partial charge in [0.15, 0.2) is 0 Å². The maximum absolute atomic E-state index is 11.2. The van der Waals surface area contributed by atoms with E-state index in [0.29, 0.717) is 0 Å². The number of hydrogen-bond donors (Lipinski definition) is 1. The summed E-state index contributed by atoms with van der Waals surface area (Å²) in [4.78, 5) is 11.2. The molecule has 0 saturated carbocycles. The molecule has 3 heteroatoms. The molecule has 1 aliphatic rings. The van der Waals surface area contributed by atoms with Gasteiger partial charge in [-0.1, -0.05) is 12.2 Å². The molecule has 12 heavy (non-hydrogen) atoms. The molecule has 1 rings (SSSR count). The van der Waals surface area contributed by atoms with E-state index in [1.54, 1.807) is 11.8 Å². The van der Waals surface area contributed by atoms with Crippen LogP contribution in [-0.4, -0.2) is 23.5 Å². The van der Waals surface area contributed by atoms with E-state index >= 15 is 0 Å². The summed E-state index contributed by atoms with van der Waals surface area (Å²) in [7, 11) is 0. The molecule has 1 unspecified atom stereocenters. The van der Waals surface area contributed by atoms with Crippen LogP contribution in [0.25, 0.3) is 0 Å². The van der Waals surface area contributed by atoms with E-state index in [2.05, 4.69) is 11.9 Å². The number of rotatable bonds is 3. The molecule has 0 bridgehead atoms. The number of nitrogens with one attached hydrogen (secondary N) is 1. The molecule has 1 amide bonds. The van der Waals surface area contributed by atoms with Crippen molar-refractivity contribution in [3.8, 4) is 0 Å². The zero-order valence-corrected chi connectivity index (χ0v) is 8.25. The fraction of sp³-hybridized carbons (Fsp3) is 0.667. The zero-order valence-electron chi connectivity index (χ0n) is 7.43. The highest BCUT2D eigenvalue weighted by molar-refractivity contribution is 8.00. The number of hydrogen-bond acceptors (Lipinski definition) is 2. The lowest BCUT2D eigenvalue weighted by Gasteiger charge is -2.21. The smallest absolute Gasteiger partial charge is 0.233 e. The van der Waals surface area contributed by atoms with E-state index in [-0.39, 0.29) is 11.2 Å². The quantitative estimate of drug-likeness (QED) is 0.676. The minimum absolute atomic E-state index is 0.162. The normalized spacial score (nSPS) is 23.4. The van der Waals surface area contributed by atoms with Crippen molar-refractivity contribution < 1.29 is 4.79 Å². The molecule has 0 aromatic rings. The maximum Gasteiger partial charge on any atom is 0.233 e. The van der Waals surface area contributed by atoms with Crippen LogP contribution in [0.3, 0.4) is 0 Å². The van der Waals surface area contributed by atoms with Crippen LogP contribution in [0.2, 0.25) is 0 Å². The average Bonchev–Trinajstić information content (AvgIpc) is 2.03. The van der Waals surface area contributed by atoms with Gasteiger partial charge >= 0.3 is 0 Å². The first kappa shape index (κ1) is 9.65. The van der Waals surface area contributed by atoms with Gasteiger partial charge in [-0.05, 0) is 19.8 Å². The van der Waals surface area contributed by atoms with Gasteiger partial charge in [0.2, 0.25) is 5.91 Å². The molecular weight excluding hydrogens is 170 g/mol. The number of carbonyl (C=O) groups excluding carboxylic acids is 1. The first-order valence-corrected chi connectivity index (χ1v) is 5.28. The number of carbonyl (C=O) groups is 1. The molecule has 68 valence electrons. The van der Waals surface area contributed by atoms with Gasteiger partial charge in [-0.15, -0.1) is 11.8 Å². The lowest BCUT2D eigenvalue weighted by Crippen LogP contribution is -2.38. The van der Waals surface area contributed by atoms with Crippen LogP contribution in [0.5, 0.6) is 0 Å². The second-order valence-corrected chi connectivity index (χ2v) is 4.38. The first-order chi connectivity index (χ1) is 5.70. The summed E-state index contributed by atoms with van der Waals surface area (Å²) < 4.78 is 0. The Morgan fingerprint density at radius 2 is 2.58 bits per heavy atom. The fourth-order valence-electron chi connectivity index (χ4n) is 1.15. The summed E-state index contributed by atoms with van der Waals surface area (Å²) in [5.41, 5.74) is 1.14. The molecule has 1 aliphatic heterocycles. The molecule has 0 spiro atoms. The summed E-state index contributed by atoms with van der Waals surface area (Å²) in [5.74, 6) is 1.10. The van der Waals surface area contributed by atoms with Crippen LogP contribution >= 0.6 is 11.8 Å². The summed E-state index contributed by atoms with van der Waals surface area (Å²) >= 11 is 1.70. The van der Waals surface area contributed by atoms with E-state index in [1.165, 1.54) is 0 Å². The predicted octanol–water partition coefficient (Wildman–Crippen LogP) is 1.57. The van der Waals surface area contributed by atoms with E-state index in [4.69, 9.17) is 0 Å². The molecule has 1 fully saturated rings. The van der Waals surface area contributed by atoms with Crippen molar-refractivity contribution in [2.75, 3.05) is 12.3 Å². The van der Waals surface area contributed by atoms with Gasteiger partial charge in [-0.2, -0.15) is 0 Å². The van der Waals surface area contributed by atoms with Crippen LogP contribution in [0.1, 0.15) is 19.8 Å². The Bertz CT molecular complexity index is 191. The molecule has 1 N–H and O–H groups in total. The number of amides is 1. The van der Waals surface area contributed by atoms with Gasteiger partial charge in [0.05, 0.1) is 5.25 Å². The average molecular weight is 185 g/mol. The van der Waals surface area contributed by atoms with E-state index < -0.39 is 0 Å². The van der Waals surface area contributed by atoms with E-state index in [0.717, 1.165) is 30.7 Å². The highest BCUT2D eigenvalue weighted by Gasteiger charge is 2.21. The predicted molar refractivity (Wildman–Crippen MR) is 53.3 cm³/mol. The second-order valence-electron chi connectivity index (χ2n) is 3.19. The van der Waals surface area contributed by atoms with Crippen molar-refractivity contribution in [2.45, 2.75) is 25.0 Å². The third kappa shape index (κ3) is 2.89. The van der Waals surface area contributed by atoms with Crippen molar-refractivity contribution in [3.63, 3.8) is 0 Å². The molecule has 0 aliphatic carbocycles. The van der Waals surface area contributed by atoms with Crippen molar-refractivity contribution >= 4 is 17.7 Å². The van der Waals surface area contributed by atoms with Crippen LogP contribution in [0.4, 0.5) is 0 Å². The third-order valence-corrected chi connectivity index (χ3v) is 3.28. The molecule has 1 atom stereocenters. The van der Waals surface area contributed by atoms with Crippen molar-refractivity contribution in [1.29, 1.82) is 0 Å². The van der Waals surface area contributed by atoms with Crippen LogP contribution in [0, 0.1) is 0 Å². The Morgan fingerprint density at radius 3 is 3.17 bits per heavy atom. The van der Waals surface area contributed by atoms with Crippen LogP contribution in [-0.2, 0) is 4.79 Å². The second kappa shape index (κ2) is 4.55. The minimum Gasteiger partial charge on any atom is -0.355 e. The van der Waals surface area contributed by atoms with Crippen molar-refractivity contribution in [3.05, 3.63) is 12.2 Å². The summed E-state index contributed by atoms with van der Waals surface area (Å²) in [6.07, 6.45) is 2.13. The highest BCUT2D eigenvalue weighted by Crippen LogP contribution is 2.20. The Morgan fingerprint density at radius 1 is 1.83 bits per heavy atom. The monoisotopic (exact) mass is 185 g/mol. The summed E-state index contributed by atoms with van der Waals surface area (Å²) in [5, 5.41) is 3.03. The lowest BCUT2D eigenvalue weighted by molar-refractivity contribution is -0.121. The largest absolute Gasteiger partial charge is 0.355 e. The number of piperidine rings is 1. The Kier molecular flexibility index (Phi) is 3.66. The van der Waals surface area contributed by atoms with Gasteiger partial charge < -0.3 is 5.32 Å². The molecule has 1 saturated heterocycles. The van der Waals surface area contributed by atoms with Gasteiger partial charge in [-0.25, -0.2) is 0 Å². The van der Waals surface area contributed by atoms with Gasteiger partial charge in [0.1, 0.15) is 0 Å².